The maximum Gasteiger partial charge on any atom is 0.436 e. The Morgan fingerprint density at radius 2 is 2.04 bits per heavy atom. The average Bonchev–Trinajstić information content (AvgIpc) is 2.83. The Bertz CT molecular complexity index is 667. The van der Waals surface area contributed by atoms with Crippen LogP contribution in [0.3, 0.4) is 0 Å². The van der Waals surface area contributed by atoms with Gasteiger partial charge in [-0.2, -0.15) is 13.2 Å². The molecule has 3 atom stereocenters. The molecule has 1 saturated carbocycles. The summed E-state index contributed by atoms with van der Waals surface area (Å²) in [6.45, 7) is 7.67. The van der Waals surface area contributed by atoms with Crippen LogP contribution in [0.4, 0.5) is 18.0 Å². The van der Waals surface area contributed by atoms with Gasteiger partial charge in [0, 0.05) is 6.04 Å². The number of halogens is 3. The number of aromatic nitrogens is 3. The molecule has 1 aromatic rings. The van der Waals surface area contributed by atoms with Gasteiger partial charge in [0.25, 0.3) is 0 Å². The highest BCUT2D eigenvalue weighted by Crippen LogP contribution is 2.51. The van der Waals surface area contributed by atoms with Crippen LogP contribution in [0, 0.1) is 5.92 Å². The molecule has 2 saturated heterocycles. The van der Waals surface area contributed by atoms with Crippen molar-refractivity contribution in [2.75, 3.05) is 0 Å². The van der Waals surface area contributed by atoms with E-state index in [0.29, 0.717) is 12.3 Å². The fourth-order valence-electron chi connectivity index (χ4n) is 4.14. The monoisotopic (exact) mass is 360 g/mol. The minimum atomic E-state index is -4.53. The first-order valence-corrected chi connectivity index (χ1v) is 8.39. The fraction of sp³-hybridized carbons (Fsp3) is 0.812. The summed E-state index contributed by atoms with van der Waals surface area (Å²) in [5.74, 6) is 0.392. The second kappa shape index (κ2) is 5.60. The lowest BCUT2D eigenvalue weighted by atomic mass is 9.64. The Hall–Kier alpha value is -1.80. The first-order valence-electron chi connectivity index (χ1n) is 8.39. The van der Waals surface area contributed by atoms with Gasteiger partial charge in [-0.25, -0.2) is 9.48 Å². The van der Waals surface area contributed by atoms with Crippen LogP contribution in [0.2, 0.25) is 0 Å². The van der Waals surface area contributed by atoms with Gasteiger partial charge in [-0.15, -0.1) is 5.10 Å². The minimum absolute atomic E-state index is 0.0733. The predicted molar refractivity (Wildman–Crippen MR) is 82.6 cm³/mol. The molecule has 2 unspecified atom stereocenters. The highest BCUT2D eigenvalue weighted by Gasteiger charge is 2.59. The summed E-state index contributed by atoms with van der Waals surface area (Å²) in [5, 5.41) is 6.81. The van der Waals surface area contributed by atoms with Crippen LogP contribution >= 0.6 is 0 Å². The quantitative estimate of drug-likeness (QED) is 0.810. The highest BCUT2D eigenvalue weighted by molar-refractivity contribution is 5.71. The van der Waals surface area contributed by atoms with E-state index in [-0.39, 0.29) is 12.6 Å². The van der Waals surface area contributed by atoms with E-state index >= 15 is 0 Å². The summed E-state index contributed by atoms with van der Waals surface area (Å²) < 4.78 is 44.9. The molecular formula is C16H23F3N4O2. The largest absolute Gasteiger partial charge is 0.444 e. The van der Waals surface area contributed by atoms with E-state index in [4.69, 9.17) is 4.74 Å². The third-order valence-corrected chi connectivity index (χ3v) is 4.77. The molecule has 140 valence electrons. The zero-order valence-electron chi connectivity index (χ0n) is 14.8. The van der Waals surface area contributed by atoms with Crippen molar-refractivity contribution in [3.8, 4) is 0 Å². The van der Waals surface area contributed by atoms with Crippen LogP contribution in [-0.4, -0.2) is 43.2 Å². The second-order valence-electron chi connectivity index (χ2n) is 8.28. The SMILES string of the molecule is C[C@@H]1CC2CC(Cn3cc(C(F)(F)F)nn3)(C1)N2C(=O)OC(C)(C)C. The maximum absolute atomic E-state index is 12.7. The van der Waals surface area contributed by atoms with Crippen LogP contribution in [0.1, 0.15) is 52.7 Å². The molecule has 2 aliphatic heterocycles. The van der Waals surface area contributed by atoms with E-state index in [2.05, 4.69) is 17.2 Å². The molecule has 0 N–H and O–H groups in total. The Balaban J connectivity index is 1.81. The van der Waals surface area contributed by atoms with Gasteiger partial charge in [-0.3, -0.25) is 4.90 Å². The van der Waals surface area contributed by atoms with Gasteiger partial charge in [0.2, 0.25) is 0 Å². The van der Waals surface area contributed by atoms with Crippen molar-refractivity contribution in [2.45, 2.75) is 76.9 Å². The summed E-state index contributed by atoms with van der Waals surface area (Å²) in [4.78, 5) is 14.3. The van der Waals surface area contributed by atoms with E-state index in [1.54, 1.807) is 25.7 Å². The summed E-state index contributed by atoms with van der Waals surface area (Å²) in [5.41, 5.74) is -2.20. The van der Waals surface area contributed by atoms with Crippen LogP contribution in [0.25, 0.3) is 0 Å². The first kappa shape index (κ1) is 18.0. The number of fused-ring (bicyclic) bond motifs is 2. The van der Waals surface area contributed by atoms with Crippen LogP contribution in [0.15, 0.2) is 6.20 Å². The van der Waals surface area contributed by atoms with Crippen molar-refractivity contribution in [3.05, 3.63) is 11.9 Å². The van der Waals surface area contributed by atoms with Gasteiger partial charge in [0.15, 0.2) is 5.69 Å². The Morgan fingerprint density at radius 1 is 1.36 bits per heavy atom. The summed E-state index contributed by atoms with van der Waals surface area (Å²) in [7, 11) is 0. The van der Waals surface area contributed by atoms with Gasteiger partial charge >= 0.3 is 12.3 Å². The Kier molecular flexibility index (Phi) is 4.04. The molecule has 1 aromatic heterocycles. The van der Waals surface area contributed by atoms with E-state index in [1.165, 1.54) is 4.68 Å². The molecule has 3 aliphatic rings. The Morgan fingerprint density at radius 3 is 2.60 bits per heavy atom. The zero-order valence-corrected chi connectivity index (χ0v) is 14.8. The zero-order chi connectivity index (χ0) is 18.6. The number of amides is 1. The predicted octanol–water partition coefficient (Wildman–Crippen LogP) is 3.48. The molecule has 25 heavy (non-hydrogen) atoms. The van der Waals surface area contributed by atoms with Crippen molar-refractivity contribution in [3.63, 3.8) is 0 Å². The minimum Gasteiger partial charge on any atom is -0.444 e. The smallest absolute Gasteiger partial charge is 0.436 e. The summed E-state index contributed by atoms with van der Waals surface area (Å²) in [6, 6.07) is 0.0733. The lowest BCUT2D eigenvalue weighted by molar-refractivity contribution is -0.141. The number of alkyl halides is 3. The lowest BCUT2D eigenvalue weighted by Gasteiger charge is -2.63. The first-order chi connectivity index (χ1) is 11.4. The second-order valence-corrected chi connectivity index (χ2v) is 8.28. The number of carbonyl (C=O) groups is 1. The third kappa shape index (κ3) is 3.46. The number of hydrogen-bond acceptors (Lipinski definition) is 4. The van der Waals surface area contributed by atoms with Gasteiger partial charge < -0.3 is 4.74 Å². The molecule has 9 heteroatoms. The van der Waals surface area contributed by atoms with E-state index in [9.17, 15) is 18.0 Å². The van der Waals surface area contributed by atoms with Gasteiger partial charge in [0.1, 0.15) is 5.60 Å². The number of rotatable bonds is 2. The number of hydrogen-bond donors (Lipinski definition) is 0. The molecule has 0 radical (unpaired) electrons. The Labute approximate surface area is 144 Å². The molecule has 6 nitrogen and oxygen atoms in total. The van der Waals surface area contributed by atoms with E-state index in [0.717, 1.165) is 19.0 Å². The fourth-order valence-corrected chi connectivity index (χ4v) is 4.14. The molecule has 1 aliphatic carbocycles. The van der Waals surface area contributed by atoms with Crippen molar-refractivity contribution in [1.29, 1.82) is 0 Å². The highest BCUT2D eigenvalue weighted by atomic mass is 19.4. The van der Waals surface area contributed by atoms with Crippen molar-refractivity contribution < 1.29 is 22.7 Å². The van der Waals surface area contributed by atoms with E-state index in [1.807, 2.05) is 0 Å². The van der Waals surface area contributed by atoms with Crippen LogP contribution in [-0.2, 0) is 17.5 Å². The van der Waals surface area contributed by atoms with E-state index < -0.39 is 29.1 Å². The van der Waals surface area contributed by atoms with Crippen molar-refractivity contribution >= 4 is 6.09 Å². The molecule has 0 spiro atoms. The molecule has 3 fully saturated rings. The normalized spacial score (nSPS) is 29.3. The number of nitrogens with zero attached hydrogens (tertiary/aromatic N) is 4. The van der Waals surface area contributed by atoms with Crippen LogP contribution < -0.4 is 0 Å². The number of piperidine rings is 1. The van der Waals surface area contributed by atoms with Crippen LogP contribution in [0.5, 0.6) is 0 Å². The average molecular weight is 360 g/mol. The molecule has 3 heterocycles. The molecule has 1 amide bonds. The molecule has 2 bridgehead atoms. The van der Waals surface area contributed by atoms with Crippen molar-refractivity contribution in [1.82, 2.24) is 19.9 Å². The van der Waals surface area contributed by atoms with Crippen molar-refractivity contribution in [2.24, 2.45) is 5.92 Å². The topological polar surface area (TPSA) is 60.2 Å². The third-order valence-electron chi connectivity index (χ3n) is 4.77. The lowest BCUT2D eigenvalue weighted by Crippen LogP contribution is -2.73. The van der Waals surface area contributed by atoms with Gasteiger partial charge in [0.05, 0.1) is 18.3 Å². The molecular weight excluding hydrogens is 337 g/mol. The standard InChI is InChI=1S/C16H23F3N4O2/c1-10-5-11-7-15(6-10,23(11)13(24)25-14(2,3)4)9-22-8-12(20-21-22)16(17,18)19/h8,10-11H,5-7,9H2,1-4H3/t10-,11?,15?/m1/s1. The summed E-state index contributed by atoms with van der Waals surface area (Å²) >= 11 is 0. The van der Waals surface area contributed by atoms with Gasteiger partial charge in [-0.05, 0) is 46.0 Å². The maximum atomic E-state index is 12.7. The summed E-state index contributed by atoms with van der Waals surface area (Å²) in [6.07, 6.45) is -1.70. The molecule has 4 rings (SSSR count). The molecule has 0 aromatic carbocycles. The van der Waals surface area contributed by atoms with Gasteiger partial charge in [-0.1, -0.05) is 12.1 Å². The number of carbonyl (C=O) groups excluding carboxylic acids is 1. The number of ether oxygens (including phenoxy) is 1.